The standard InChI is InChI=1S/C17H23N5O2/c1-12-19-16(21-20-12)15-4-2-3-14(9-15)10-18-17(24)22-7-5-13(11-23)6-8-22/h2-4,9,13,23H,5-8,10-11H2,1H3,(H,18,24)(H,19,20,21). The Hall–Kier alpha value is -2.41. The molecule has 1 saturated heterocycles. The molecule has 1 aliphatic rings. The molecule has 2 heterocycles. The van der Waals surface area contributed by atoms with Gasteiger partial charge >= 0.3 is 6.03 Å². The van der Waals surface area contributed by atoms with Gasteiger partial charge in [-0.1, -0.05) is 18.2 Å². The number of hydrogen-bond donors (Lipinski definition) is 3. The number of aryl methyl sites for hydroxylation is 1. The molecule has 3 N–H and O–H groups in total. The van der Waals surface area contributed by atoms with Crippen LogP contribution < -0.4 is 5.32 Å². The number of aliphatic hydroxyl groups is 1. The lowest BCUT2D eigenvalue weighted by Crippen LogP contribution is -2.44. The van der Waals surface area contributed by atoms with E-state index >= 15 is 0 Å². The Morgan fingerprint density at radius 1 is 1.42 bits per heavy atom. The van der Waals surface area contributed by atoms with Gasteiger partial charge in [-0.25, -0.2) is 9.78 Å². The number of aromatic nitrogens is 3. The first-order chi connectivity index (χ1) is 11.7. The molecular weight excluding hydrogens is 306 g/mol. The average Bonchev–Trinajstić information content (AvgIpc) is 3.06. The van der Waals surface area contributed by atoms with Crippen LogP contribution in [0.3, 0.4) is 0 Å². The van der Waals surface area contributed by atoms with Gasteiger partial charge in [-0.15, -0.1) is 0 Å². The number of H-pyrrole nitrogens is 1. The molecule has 1 aromatic heterocycles. The summed E-state index contributed by atoms with van der Waals surface area (Å²) < 4.78 is 0. The van der Waals surface area contributed by atoms with Crippen molar-refractivity contribution in [2.24, 2.45) is 5.92 Å². The van der Waals surface area contributed by atoms with Crippen LogP contribution in [0.5, 0.6) is 0 Å². The van der Waals surface area contributed by atoms with Crippen LogP contribution >= 0.6 is 0 Å². The summed E-state index contributed by atoms with van der Waals surface area (Å²) in [6, 6.07) is 7.80. The number of carbonyl (C=O) groups is 1. The van der Waals surface area contributed by atoms with E-state index in [2.05, 4.69) is 20.5 Å². The first-order valence-corrected chi connectivity index (χ1v) is 8.27. The molecule has 128 valence electrons. The fraction of sp³-hybridized carbons (Fsp3) is 0.471. The predicted octanol–water partition coefficient (Wildman–Crippen LogP) is 1.69. The number of aliphatic hydroxyl groups excluding tert-OH is 1. The molecule has 1 aromatic carbocycles. The van der Waals surface area contributed by atoms with E-state index in [1.807, 2.05) is 36.1 Å². The molecule has 1 aliphatic heterocycles. The molecule has 0 spiro atoms. The number of amides is 2. The average molecular weight is 329 g/mol. The molecule has 0 bridgehead atoms. The zero-order valence-corrected chi connectivity index (χ0v) is 13.8. The molecule has 0 saturated carbocycles. The van der Waals surface area contributed by atoms with Crippen LogP contribution in [0.25, 0.3) is 11.4 Å². The fourth-order valence-electron chi connectivity index (χ4n) is 2.90. The molecule has 7 nitrogen and oxygen atoms in total. The maximum atomic E-state index is 12.2. The van der Waals surface area contributed by atoms with Gasteiger partial charge in [0.15, 0.2) is 5.82 Å². The van der Waals surface area contributed by atoms with Gasteiger partial charge in [0.25, 0.3) is 0 Å². The van der Waals surface area contributed by atoms with E-state index in [1.165, 1.54) is 0 Å². The molecular formula is C17H23N5O2. The number of hydrogen-bond acceptors (Lipinski definition) is 4. The molecule has 2 aromatic rings. The smallest absolute Gasteiger partial charge is 0.317 e. The summed E-state index contributed by atoms with van der Waals surface area (Å²) in [5.41, 5.74) is 1.93. The summed E-state index contributed by atoms with van der Waals surface area (Å²) in [4.78, 5) is 18.4. The van der Waals surface area contributed by atoms with Crippen molar-refractivity contribution in [3.63, 3.8) is 0 Å². The summed E-state index contributed by atoms with van der Waals surface area (Å²) in [6.07, 6.45) is 1.73. The van der Waals surface area contributed by atoms with Crippen molar-refractivity contribution in [1.82, 2.24) is 25.4 Å². The van der Waals surface area contributed by atoms with Crippen LogP contribution in [0.15, 0.2) is 24.3 Å². The van der Waals surface area contributed by atoms with E-state index in [4.69, 9.17) is 5.11 Å². The number of carbonyl (C=O) groups excluding carboxylic acids is 1. The van der Waals surface area contributed by atoms with Crippen molar-refractivity contribution in [2.75, 3.05) is 19.7 Å². The Morgan fingerprint density at radius 3 is 2.88 bits per heavy atom. The third kappa shape index (κ3) is 3.91. The Kier molecular flexibility index (Phi) is 5.10. The molecule has 24 heavy (non-hydrogen) atoms. The summed E-state index contributed by atoms with van der Waals surface area (Å²) in [6.45, 7) is 3.95. The number of nitrogens with one attached hydrogen (secondary N) is 2. The quantitative estimate of drug-likeness (QED) is 0.796. The van der Waals surface area contributed by atoms with E-state index < -0.39 is 0 Å². The van der Waals surface area contributed by atoms with Crippen molar-refractivity contribution >= 4 is 6.03 Å². The third-order valence-electron chi connectivity index (χ3n) is 4.39. The zero-order valence-electron chi connectivity index (χ0n) is 13.8. The second-order valence-corrected chi connectivity index (χ2v) is 6.22. The number of aromatic amines is 1. The number of rotatable bonds is 4. The van der Waals surface area contributed by atoms with Crippen LogP contribution in [0, 0.1) is 12.8 Å². The highest BCUT2D eigenvalue weighted by Gasteiger charge is 2.21. The molecule has 0 radical (unpaired) electrons. The van der Waals surface area contributed by atoms with Gasteiger partial charge in [-0.2, -0.15) is 5.10 Å². The van der Waals surface area contributed by atoms with Crippen LogP contribution in [-0.2, 0) is 6.54 Å². The van der Waals surface area contributed by atoms with Gasteiger partial charge in [0.05, 0.1) is 0 Å². The lowest BCUT2D eigenvalue weighted by Gasteiger charge is -2.31. The summed E-state index contributed by atoms with van der Waals surface area (Å²) in [5, 5.41) is 19.1. The maximum Gasteiger partial charge on any atom is 0.317 e. The highest BCUT2D eigenvalue weighted by atomic mass is 16.3. The van der Waals surface area contributed by atoms with Gasteiger partial charge < -0.3 is 15.3 Å². The number of piperidine rings is 1. The summed E-state index contributed by atoms with van der Waals surface area (Å²) >= 11 is 0. The molecule has 1 fully saturated rings. The van der Waals surface area contributed by atoms with Crippen LogP contribution in [0.4, 0.5) is 4.79 Å². The largest absolute Gasteiger partial charge is 0.396 e. The van der Waals surface area contributed by atoms with Crippen molar-refractivity contribution < 1.29 is 9.90 Å². The molecule has 7 heteroatoms. The van der Waals surface area contributed by atoms with Crippen LogP contribution in [-0.4, -0.2) is 50.9 Å². The van der Waals surface area contributed by atoms with E-state index in [0.717, 1.165) is 29.8 Å². The Labute approximate surface area is 141 Å². The Bertz CT molecular complexity index is 692. The normalized spacial score (nSPS) is 15.5. The minimum atomic E-state index is -0.0504. The van der Waals surface area contributed by atoms with E-state index in [-0.39, 0.29) is 12.6 Å². The lowest BCUT2D eigenvalue weighted by atomic mass is 9.98. The molecule has 0 aliphatic carbocycles. The fourth-order valence-corrected chi connectivity index (χ4v) is 2.90. The second-order valence-electron chi connectivity index (χ2n) is 6.22. The minimum absolute atomic E-state index is 0.0504. The van der Waals surface area contributed by atoms with E-state index in [1.54, 1.807) is 0 Å². The maximum absolute atomic E-state index is 12.2. The minimum Gasteiger partial charge on any atom is -0.396 e. The van der Waals surface area contributed by atoms with Crippen molar-refractivity contribution in [3.8, 4) is 11.4 Å². The van der Waals surface area contributed by atoms with Gasteiger partial charge in [-0.3, -0.25) is 5.10 Å². The first kappa shape index (κ1) is 16.4. The predicted molar refractivity (Wildman–Crippen MR) is 90.2 cm³/mol. The van der Waals surface area contributed by atoms with E-state index in [0.29, 0.717) is 31.4 Å². The number of nitrogens with zero attached hydrogens (tertiary/aromatic N) is 3. The monoisotopic (exact) mass is 329 g/mol. The molecule has 3 rings (SSSR count). The third-order valence-corrected chi connectivity index (χ3v) is 4.39. The summed E-state index contributed by atoms with van der Waals surface area (Å²) in [7, 11) is 0. The van der Waals surface area contributed by atoms with Crippen molar-refractivity contribution in [1.29, 1.82) is 0 Å². The van der Waals surface area contributed by atoms with Crippen molar-refractivity contribution in [2.45, 2.75) is 26.3 Å². The topological polar surface area (TPSA) is 94.1 Å². The Morgan fingerprint density at radius 2 is 2.21 bits per heavy atom. The van der Waals surface area contributed by atoms with E-state index in [9.17, 15) is 4.79 Å². The van der Waals surface area contributed by atoms with Gasteiger partial charge in [-0.05, 0) is 37.3 Å². The second kappa shape index (κ2) is 7.44. The zero-order chi connectivity index (χ0) is 16.9. The summed E-state index contributed by atoms with van der Waals surface area (Å²) in [5.74, 6) is 1.76. The highest BCUT2D eigenvalue weighted by molar-refractivity contribution is 5.74. The SMILES string of the molecule is Cc1nc(-c2cccc(CNC(=O)N3CCC(CO)CC3)c2)n[nH]1. The number of urea groups is 1. The highest BCUT2D eigenvalue weighted by Crippen LogP contribution is 2.18. The molecule has 2 amide bonds. The van der Waals surface area contributed by atoms with Gasteiger partial charge in [0, 0.05) is 31.8 Å². The molecule has 0 unspecified atom stereocenters. The van der Waals surface area contributed by atoms with Gasteiger partial charge in [0.2, 0.25) is 0 Å². The van der Waals surface area contributed by atoms with Crippen molar-refractivity contribution in [3.05, 3.63) is 35.7 Å². The lowest BCUT2D eigenvalue weighted by molar-refractivity contribution is 0.137. The molecule has 0 atom stereocenters. The first-order valence-electron chi connectivity index (χ1n) is 8.27. The number of benzene rings is 1. The van der Waals surface area contributed by atoms with Crippen LogP contribution in [0.1, 0.15) is 24.2 Å². The Balaban J connectivity index is 1.56. The van der Waals surface area contributed by atoms with Crippen LogP contribution in [0.2, 0.25) is 0 Å². The van der Waals surface area contributed by atoms with Gasteiger partial charge in [0.1, 0.15) is 5.82 Å². The number of likely N-dealkylation sites (tertiary alicyclic amines) is 1.